The van der Waals surface area contributed by atoms with Crippen molar-refractivity contribution in [2.24, 2.45) is 0 Å². The zero-order valence-corrected chi connectivity index (χ0v) is 12.2. The first-order chi connectivity index (χ1) is 8.74. The summed E-state index contributed by atoms with van der Waals surface area (Å²) in [6.45, 7) is 5.30. The highest BCUT2D eigenvalue weighted by atomic mass is 32.2. The summed E-state index contributed by atoms with van der Waals surface area (Å²) in [6.07, 6.45) is 8.72. The molecule has 0 bridgehead atoms. The third-order valence-corrected chi connectivity index (χ3v) is 4.36. The predicted molar refractivity (Wildman–Crippen MR) is 77.0 cm³/mol. The van der Waals surface area contributed by atoms with E-state index in [-0.39, 0.29) is 0 Å². The Balaban J connectivity index is 1.72. The average molecular weight is 265 g/mol. The smallest absolute Gasteiger partial charge is 0.188 e. The van der Waals surface area contributed by atoms with E-state index >= 15 is 0 Å². The normalized spacial score (nSPS) is 18.8. The second-order valence-electron chi connectivity index (χ2n) is 5.15. The summed E-state index contributed by atoms with van der Waals surface area (Å²) in [5.41, 5.74) is 1.04. The third-order valence-electron chi connectivity index (χ3n) is 3.38. The van der Waals surface area contributed by atoms with Gasteiger partial charge in [0.05, 0.1) is 0 Å². The van der Waals surface area contributed by atoms with Crippen molar-refractivity contribution in [3.05, 3.63) is 18.0 Å². The number of hydrogen-bond acceptors (Lipinski definition) is 4. The monoisotopic (exact) mass is 265 g/mol. The molecule has 1 heterocycles. The van der Waals surface area contributed by atoms with Crippen LogP contribution in [0.4, 0.5) is 0 Å². The fourth-order valence-corrected chi connectivity index (χ4v) is 3.20. The van der Waals surface area contributed by atoms with Gasteiger partial charge < -0.3 is 5.32 Å². The molecule has 1 aromatic heterocycles. The van der Waals surface area contributed by atoms with Crippen LogP contribution in [0, 0.1) is 6.92 Å². The topological polar surface area (TPSA) is 37.8 Å². The van der Waals surface area contributed by atoms with Crippen molar-refractivity contribution in [1.82, 2.24) is 15.3 Å². The van der Waals surface area contributed by atoms with E-state index in [0.717, 1.165) is 23.4 Å². The van der Waals surface area contributed by atoms with Gasteiger partial charge in [-0.25, -0.2) is 9.97 Å². The largest absolute Gasteiger partial charge is 0.313 e. The molecule has 0 aromatic carbocycles. The maximum Gasteiger partial charge on any atom is 0.188 e. The molecule has 0 spiro atoms. The van der Waals surface area contributed by atoms with Crippen molar-refractivity contribution in [2.45, 2.75) is 62.4 Å². The SMILES string of the molecule is Cc1ccnc(SC(C)CNC2CCCCC2)n1. The van der Waals surface area contributed by atoms with Crippen molar-refractivity contribution < 1.29 is 0 Å². The molecule has 4 heteroatoms. The molecular weight excluding hydrogens is 242 g/mol. The molecule has 1 aliphatic rings. The lowest BCUT2D eigenvalue weighted by Crippen LogP contribution is -2.35. The highest BCUT2D eigenvalue weighted by Gasteiger charge is 2.14. The molecule has 1 saturated carbocycles. The summed E-state index contributed by atoms with van der Waals surface area (Å²) in [5, 5.41) is 5.10. The first-order valence-electron chi connectivity index (χ1n) is 6.94. The van der Waals surface area contributed by atoms with E-state index in [9.17, 15) is 0 Å². The number of nitrogens with one attached hydrogen (secondary N) is 1. The maximum atomic E-state index is 4.43. The summed E-state index contributed by atoms with van der Waals surface area (Å²) in [6, 6.07) is 2.68. The second-order valence-corrected chi connectivity index (χ2v) is 6.56. The number of rotatable bonds is 5. The lowest BCUT2D eigenvalue weighted by atomic mass is 9.95. The Morgan fingerprint density at radius 1 is 1.39 bits per heavy atom. The summed E-state index contributed by atoms with van der Waals surface area (Å²) < 4.78 is 0. The van der Waals surface area contributed by atoms with Crippen LogP contribution in [0.3, 0.4) is 0 Å². The quantitative estimate of drug-likeness (QED) is 0.655. The van der Waals surface area contributed by atoms with Crippen LogP contribution in [0.1, 0.15) is 44.7 Å². The Bertz CT molecular complexity index is 364. The lowest BCUT2D eigenvalue weighted by molar-refractivity contribution is 0.375. The number of thioether (sulfide) groups is 1. The summed E-state index contributed by atoms with van der Waals surface area (Å²) in [7, 11) is 0. The number of nitrogens with zero attached hydrogens (tertiary/aromatic N) is 2. The van der Waals surface area contributed by atoms with E-state index in [1.807, 2.05) is 19.2 Å². The Morgan fingerprint density at radius 2 is 2.17 bits per heavy atom. The molecule has 3 nitrogen and oxygen atoms in total. The molecule has 1 N–H and O–H groups in total. The first-order valence-corrected chi connectivity index (χ1v) is 7.81. The molecular formula is C14H23N3S. The molecule has 0 radical (unpaired) electrons. The van der Waals surface area contributed by atoms with Crippen LogP contribution in [0.2, 0.25) is 0 Å². The van der Waals surface area contributed by atoms with Gasteiger partial charge in [0.15, 0.2) is 5.16 Å². The van der Waals surface area contributed by atoms with E-state index in [2.05, 4.69) is 22.2 Å². The number of hydrogen-bond donors (Lipinski definition) is 1. The highest BCUT2D eigenvalue weighted by Crippen LogP contribution is 2.20. The summed E-state index contributed by atoms with van der Waals surface area (Å²) in [4.78, 5) is 8.73. The fourth-order valence-electron chi connectivity index (χ4n) is 2.34. The Labute approximate surface area is 114 Å². The first kappa shape index (κ1) is 13.8. The van der Waals surface area contributed by atoms with Crippen LogP contribution in [0.25, 0.3) is 0 Å². The van der Waals surface area contributed by atoms with Gasteiger partial charge in [-0.05, 0) is 25.8 Å². The van der Waals surface area contributed by atoms with Crippen LogP contribution in [-0.2, 0) is 0 Å². The van der Waals surface area contributed by atoms with Crippen LogP contribution in [0.15, 0.2) is 17.4 Å². The zero-order valence-electron chi connectivity index (χ0n) is 11.4. The van der Waals surface area contributed by atoms with Gasteiger partial charge in [-0.3, -0.25) is 0 Å². The molecule has 0 aliphatic heterocycles. The van der Waals surface area contributed by atoms with Gasteiger partial charge in [-0.2, -0.15) is 0 Å². The van der Waals surface area contributed by atoms with Gasteiger partial charge >= 0.3 is 0 Å². The molecule has 1 aliphatic carbocycles. The molecule has 1 aromatic rings. The Hall–Kier alpha value is -0.610. The molecule has 0 amide bonds. The van der Waals surface area contributed by atoms with Crippen molar-refractivity contribution in [3.8, 4) is 0 Å². The fraction of sp³-hybridized carbons (Fsp3) is 0.714. The van der Waals surface area contributed by atoms with Crippen molar-refractivity contribution in [1.29, 1.82) is 0 Å². The van der Waals surface area contributed by atoms with E-state index in [1.165, 1.54) is 32.1 Å². The molecule has 0 saturated heterocycles. The van der Waals surface area contributed by atoms with Gasteiger partial charge in [0.2, 0.25) is 0 Å². The van der Waals surface area contributed by atoms with Crippen LogP contribution >= 0.6 is 11.8 Å². The van der Waals surface area contributed by atoms with Gasteiger partial charge in [-0.1, -0.05) is 37.9 Å². The molecule has 1 fully saturated rings. The molecule has 18 heavy (non-hydrogen) atoms. The van der Waals surface area contributed by atoms with E-state index in [0.29, 0.717) is 5.25 Å². The zero-order chi connectivity index (χ0) is 12.8. The minimum absolute atomic E-state index is 0.522. The minimum Gasteiger partial charge on any atom is -0.313 e. The highest BCUT2D eigenvalue weighted by molar-refractivity contribution is 7.99. The maximum absolute atomic E-state index is 4.43. The van der Waals surface area contributed by atoms with E-state index < -0.39 is 0 Å². The Kier molecular flexibility index (Phi) is 5.45. The summed E-state index contributed by atoms with van der Waals surface area (Å²) in [5.74, 6) is 0. The standard InChI is InChI=1S/C14H23N3S/c1-11-8-9-15-14(17-11)18-12(2)10-16-13-6-4-3-5-7-13/h8-9,12-13,16H,3-7,10H2,1-2H3. The van der Waals surface area contributed by atoms with Crippen LogP contribution in [-0.4, -0.2) is 27.8 Å². The molecule has 1 unspecified atom stereocenters. The average Bonchev–Trinajstić information content (AvgIpc) is 2.38. The van der Waals surface area contributed by atoms with Gasteiger partial charge in [0.25, 0.3) is 0 Å². The second kappa shape index (κ2) is 7.10. The van der Waals surface area contributed by atoms with Crippen molar-refractivity contribution in [2.75, 3.05) is 6.54 Å². The van der Waals surface area contributed by atoms with Gasteiger partial charge in [0.1, 0.15) is 0 Å². The lowest BCUT2D eigenvalue weighted by Gasteiger charge is -2.24. The minimum atomic E-state index is 0.522. The number of aryl methyl sites for hydroxylation is 1. The van der Waals surface area contributed by atoms with Gasteiger partial charge in [0, 0.05) is 29.7 Å². The molecule has 100 valence electrons. The molecule has 1 atom stereocenters. The van der Waals surface area contributed by atoms with Gasteiger partial charge in [-0.15, -0.1) is 0 Å². The third kappa shape index (κ3) is 4.58. The van der Waals surface area contributed by atoms with Crippen molar-refractivity contribution >= 4 is 11.8 Å². The predicted octanol–water partition coefficient (Wildman–Crippen LogP) is 3.19. The van der Waals surface area contributed by atoms with Crippen molar-refractivity contribution in [3.63, 3.8) is 0 Å². The summed E-state index contributed by atoms with van der Waals surface area (Å²) >= 11 is 1.76. The molecule has 2 rings (SSSR count). The van der Waals surface area contributed by atoms with Crippen LogP contribution in [0.5, 0.6) is 0 Å². The number of aromatic nitrogens is 2. The van der Waals surface area contributed by atoms with E-state index in [1.54, 1.807) is 11.8 Å². The van der Waals surface area contributed by atoms with Crippen LogP contribution < -0.4 is 5.32 Å². The Morgan fingerprint density at radius 3 is 2.89 bits per heavy atom. The van der Waals surface area contributed by atoms with E-state index in [4.69, 9.17) is 0 Å².